The largest absolute Gasteiger partial charge is 0.481 e. The second-order valence-electron chi connectivity index (χ2n) is 5.39. The molecule has 1 fully saturated rings. The van der Waals surface area contributed by atoms with E-state index < -0.39 is 11.4 Å². The molecular weight excluding hydrogens is 262 g/mol. The first-order valence-electron chi connectivity index (χ1n) is 6.49. The van der Waals surface area contributed by atoms with E-state index in [0.29, 0.717) is 19.5 Å². The number of amides is 1. The molecule has 104 valence electrons. The lowest BCUT2D eigenvalue weighted by Crippen LogP contribution is -2.34. The van der Waals surface area contributed by atoms with Gasteiger partial charge in [0.2, 0.25) is 0 Å². The fourth-order valence-corrected chi connectivity index (χ4v) is 3.52. The minimum absolute atomic E-state index is 0.0298. The van der Waals surface area contributed by atoms with Crippen LogP contribution in [0.3, 0.4) is 0 Å². The Kier molecular flexibility index (Phi) is 3.67. The SMILES string of the molecule is CCc1cc(C(=O)N2CCC(C)(C(=O)O)C2)sc1C. The van der Waals surface area contributed by atoms with E-state index in [1.165, 1.54) is 21.8 Å². The average Bonchev–Trinajstić information content (AvgIpc) is 2.93. The van der Waals surface area contributed by atoms with E-state index in [1.807, 2.05) is 13.0 Å². The summed E-state index contributed by atoms with van der Waals surface area (Å²) in [4.78, 5) is 27.1. The summed E-state index contributed by atoms with van der Waals surface area (Å²) in [6.07, 6.45) is 1.45. The first kappa shape index (κ1) is 14.1. The van der Waals surface area contributed by atoms with Crippen molar-refractivity contribution in [1.29, 1.82) is 0 Å². The van der Waals surface area contributed by atoms with Gasteiger partial charge in [0.15, 0.2) is 0 Å². The van der Waals surface area contributed by atoms with Crippen LogP contribution in [-0.4, -0.2) is 35.0 Å². The predicted molar refractivity (Wildman–Crippen MR) is 74.7 cm³/mol. The minimum Gasteiger partial charge on any atom is -0.481 e. The molecule has 19 heavy (non-hydrogen) atoms. The van der Waals surface area contributed by atoms with Gasteiger partial charge in [0.25, 0.3) is 5.91 Å². The van der Waals surface area contributed by atoms with Crippen molar-refractivity contribution >= 4 is 23.2 Å². The van der Waals surface area contributed by atoms with Crippen LogP contribution < -0.4 is 0 Å². The monoisotopic (exact) mass is 281 g/mol. The zero-order valence-corrected chi connectivity index (χ0v) is 12.3. The Morgan fingerprint density at radius 2 is 2.21 bits per heavy atom. The molecule has 1 saturated heterocycles. The number of carboxylic acid groups (broad SMARTS) is 1. The van der Waals surface area contributed by atoms with Gasteiger partial charge in [-0.05, 0) is 38.3 Å². The quantitative estimate of drug-likeness (QED) is 0.926. The Hall–Kier alpha value is -1.36. The first-order chi connectivity index (χ1) is 8.87. The van der Waals surface area contributed by atoms with Gasteiger partial charge in [-0.3, -0.25) is 9.59 Å². The van der Waals surface area contributed by atoms with Crippen LogP contribution in [-0.2, 0) is 11.2 Å². The van der Waals surface area contributed by atoms with Crippen LogP contribution >= 0.6 is 11.3 Å². The molecule has 1 N–H and O–H groups in total. The number of aryl methyl sites for hydroxylation is 2. The number of aliphatic carboxylic acids is 1. The maximum absolute atomic E-state index is 12.4. The Labute approximate surface area is 117 Å². The van der Waals surface area contributed by atoms with Crippen molar-refractivity contribution in [2.75, 3.05) is 13.1 Å². The molecule has 5 heteroatoms. The lowest BCUT2D eigenvalue weighted by molar-refractivity contribution is -0.147. The van der Waals surface area contributed by atoms with Crippen LogP contribution in [0.2, 0.25) is 0 Å². The molecule has 1 amide bonds. The van der Waals surface area contributed by atoms with Gasteiger partial charge in [-0.25, -0.2) is 0 Å². The second kappa shape index (κ2) is 4.96. The fraction of sp³-hybridized carbons (Fsp3) is 0.571. The molecule has 0 aliphatic carbocycles. The third kappa shape index (κ3) is 2.52. The summed E-state index contributed by atoms with van der Waals surface area (Å²) in [6.45, 7) is 6.63. The number of carbonyl (C=O) groups is 2. The van der Waals surface area contributed by atoms with Crippen molar-refractivity contribution in [2.24, 2.45) is 5.41 Å². The third-order valence-electron chi connectivity index (χ3n) is 3.89. The van der Waals surface area contributed by atoms with E-state index in [1.54, 1.807) is 11.8 Å². The smallest absolute Gasteiger partial charge is 0.311 e. The molecule has 0 aromatic carbocycles. The third-order valence-corrected chi connectivity index (χ3v) is 4.97. The number of rotatable bonds is 3. The van der Waals surface area contributed by atoms with Crippen molar-refractivity contribution in [3.05, 3.63) is 21.4 Å². The van der Waals surface area contributed by atoms with E-state index >= 15 is 0 Å². The van der Waals surface area contributed by atoms with Crippen LogP contribution in [0.5, 0.6) is 0 Å². The van der Waals surface area contributed by atoms with Crippen molar-refractivity contribution in [3.8, 4) is 0 Å². The lowest BCUT2D eigenvalue weighted by Gasteiger charge is -2.19. The number of hydrogen-bond donors (Lipinski definition) is 1. The molecule has 1 unspecified atom stereocenters. The summed E-state index contributed by atoms with van der Waals surface area (Å²) in [5.41, 5.74) is 0.406. The summed E-state index contributed by atoms with van der Waals surface area (Å²) in [5, 5.41) is 9.19. The number of thiophene rings is 1. The Balaban J connectivity index is 2.15. The lowest BCUT2D eigenvalue weighted by atomic mass is 9.90. The fourth-order valence-electron chi connectivity index (χ4n) is 2.44. The molecule has 1 atom stereocenters. The zero-order valence-electron chi connectivity index (χ0n) is 11.5. The molecule has 0 saturated carbocycles. The van der Waals surface area contributed by atoms with Gasteiger partial charge < -0.3 is 10.0 Å². The van der Waals surface area contributed by atoms with Crippen molar-refractivity contribution in [3.63, 3.8) is 0 Å². The highest BCUT2D eigenvalue weighted by atomic mass is 32.1. The molecule has 0 spiro atoms. The molecule has 1 aromatic rings. The highest BCUT2D eigenvalue weighted by Gasteiger charge is 2.42. The molecule has 0 bridgehead atoms. The van der Waals surface area contributed by atoms with Gasteiger partial charge >= 0.3 is 5.97 Å². The molecule has 1 aliphatic heterocycles. The van der Waals surface area contributed by atoms with Gasteiger partial charge in [0.1, 0.15) is 0 Å². The number of carboxylic acids is 1. The van der Waals surface area contributed by atoms with Gasteiger partial charge in [-0.2, -0.15) is 0 Å². The van der Waals surface area contributed by atoms with E-state index in [0.717, 1.165) is 11.3 Å². The van der Waals surface area contributed by atoms with Crippen LogP contribution in [0.4, 0.5) is 0 Å². The summed E-state index contributed by atoms with van der Waals surface area (Å²) in [6, 6.07) is 1.94. The van der Waals surface area contributed by atoms with Crippen molar-refractivity contribution in [1.82, 2.24) is 4.90 Å². The maximum atomic E-state index is 12.4. The molecule has 2 rings (SSSR count). The van der Waals surface area contributed by atoms with Crippen LogP contribution in [0.25, 0.3) is 0 Å². The molecular formula is C14H19NO3S. The topological polar surface area (TPSA) is 57.6 Å². The molecule has 4 nitrogen and oxygen atoms in total. The number of likely N-dealkylation sites (tertiary alicyclic amines) is 1. The molecule has 2 heterocycles. The normalized spacial score (nSPS) is 22.8. The standard InChI is InChI=1S/C14H19NO3S/c1-4-10-7-11(19-9(10)2)12(16)15-6-5-14(3,8-15)13(17)18/h7H,4-6,8H2,1-3H3,(H,17,18). The van der Waals surface area contributed by atoms with Gasteiger partial charge in [-0.1, -0.05) is 6.92 Å². The van der Waals surface area contributed by atoms with E-state index in [2.05, 4.69) is 6.92 Å². The van der Waals surface area contributed by atoms with Crippen LogP contribution in [0.15, 0.2) is 6.07 Å². The highest BCUT2D eigenvalue weighted by Crippen LogP contribution is 2.32. The van der Waals surface area contributed by atoms with Crippen LogP contribution in [0.1, 0.15) is 40.4 Å². The summed E-state index contributed by atoms with van der Waals surface area (Å²) < 4.78 is 0. The molecule has 0 radical (unpaired) electrons. The Morgan fingerprint density at radius 3 is 2.68 bits per heavy atom. The predicted octanol–water partition coefficient (Wildman–Crippen LogP) is 2.56. The second-order valence-corrected chi connectivity index (χ2v) is 6.64. The Morgan fingerprint density at radius 1 is 1.53 bits per heavy atom. The number of hydrogen-bond acceptors (Lipinski definition) is 3. The van der Waals surface area contributed by atoms with Gasteiger partial charge in [0, 0.05) is 18.0 Å². The minimum atomic E-state index is -0.820. The number of carbonyl (C=O) groups excluding carboxylic acids is 1. The zero-order chi connectivity index (χ0) is 14.2. The van der Waals surface area contributed by atoms with E-state index in [-0.39, 0.29) is 5.91 Å². The maximum Gasteiger partial charge on any atom is 0.311 e. The van der Waals surface area contributed by atoms with Gasteiger partial charge in [0.05, 0.1) is 10.3 Å². The summed E-state index contributed by atoms with van der Waals surface area (Å²) in [7, 11) is 0. The van der Waals surface area contributed by atoms with E-state index in [9.17, 15) is 14.7 Å². The number of nitrogens with zero attached hydrogens (tertiary/aromatic N) is 1. The van der Waals surface area contributed by atoms with E-state index in [4.69, 9.17) is 0 Å². The van der Waals surface area contributed by atoms with Crippen molar-refractivity contribution < 1.29 is 14.7 Å². The average molecular weight is 281 g/mol. The van der Waals surface area contributed by atoms with Gasteiger partial charge in [-0.15, -0.1) is 11.3 Å². The highest BCUT2D eigenvalue weighted by molar-refractivity contribution is 7.14. The molecule has 1 aromatic heterocycles. The van der Waals surface area contributed by atoms with Crippen molar-refractivity contribution in [2.45, 2.75) is 33.6 Å². The first-order valence-corrected chi connectivity index (χ1v) is 7.31. The summed E-state index contributed by atoms with van der Waals surface area (Å²) in [5.74, 6) is -0.850. The molecule has 1 aliphatic rings. The van der Waals surface area contributed by atoms with Crippen LogP contribution in [0, 0.1) is 12.3 Å². The summed E-state index contributed by atoms with van der Waals surface area (Å²) >= 11 is 1.50. The Bertz CT molecular complexity index is 523.